The number of nitrogens with zero attached hydrogens (tertiary/aromatic N) is 2. The molecule has 0 aliphatic carbocycles. The van der Waals surface area contributed by atoms with Crippen molar-refractivity contribution < 1.29 is 14.4 Å². The normalized spacial score (nSPS) is 13.9. The number of fused-ring (bicyclic) bond motifs is 1. The van der Waals surface area contributed by atoms with Crippen molar-refractivity contribution in [3.8, 4) is 0 Å². The van der Waals surface area contributed by atoms with Gasteiger partial charge in [-0.1, -0.05) is 26.0 Å². The molecule has 3 amide bonds. The molecule has 0 spiro atoms. The van der Waals surface area contributed by atoms with Crippen LogP contribution < -0.4 is 16.0 Å². The van der Waals surface area contributed by atoms with Gasteiger partial charge >= 0.3 is 0 Å². The van der Waals surface area contributed by atoms with Crippen molar-refractivity contribution >= 4 is 29.1 Å². The predicted octanol–water partition coefficient (Wildman–Crippen LogP) is 1.20. The van der Waals surface area contributed by atoms with E-state index in [2.05, 4.69) is 5.32 Å². The van der Waals surface area contributed by atoms with Crippen molar-refractivity contribution in [3.63, 3.8) is 0 Å². The van der Waals surface area contributed by atoms with E-state index >= 15 is 0 Å². The molecule has 7 heteroatoms. The van der Waals surface area contributed by atoms with Crippen LogP contribution in [0.15, 0.2) is 24.3 Å². The Morgan fingerprint density at radius 3 is 2.64 bits per heavy atom. The lowest BCUT2D eigenvalue weighted by atomic mass is 9.93. The number of para-hydroxylation sites is 2. The molecule has 0 radical (unpaired) electrons. The van der Waals surface area contributed by atoms with E-state index in [1.807, 2.05) is 19.9 Å². The third-order valence-corrected chi connectivity index (χ3v) is 4.27. The number of nitrogens with one attached hydrogen (secondary N) is 1. The maximum Gasteiger partial charge on any atom is 0.244 e. The topological polar surface area (TPSA) is 95.7 Å². The highest BCUT2D eigenvalue weighted by Crippen LogP contribution is 2.29. The third-order valence-electron chi connectivity index (χ3n) is 4.27. The molecule has 7 nitrogen and oxygen atoms in total. The molecule has 136 valence electrons. The van der Waals surface area contributed by atoms with Gasteiger partial charge in [-0.2, -0.15) is 0 Å². The molecule has 0 atom stereocenters. The Bertz CT molecular complexity index is 672. The van der Waals surface area contributed by atoms with E-state index < -0.39 is 0 Å². The van der Waals surface area contributed by atoms with E-state index in [-0.39, 0.29) is 42.5 Å². The molecule has 0 unspecified atom stereocenters. The van der Waals surface area contributed by atoms with Crippen LogP contribution in [0, 0.1) is 5.41 Å². The van der Waals surface area contributed by atoms with Crippen LogP contribution in [0.2, 0.25) is 0 Å². The lowest BCUT2D eigenvalue weighted by molar-refractivity contribution is -0.133. The van der Waals surface area contributed by atoms with Crippen molar-refractivity contribution in [2.24, 2.45) is 11.1 Å². The van der Waals surface area contributed by atoms with E-state index in [1.54, 1.807) is 30.1 Å². The van der Waals surface area contributed by atoms with Crippen LogP contribution in [0.25, 0.3) is 0 Å². The van der Waals surface area contributed by atoms with Crippen molar-refractivity contribution in [2.45, 2.75) is 26.7 Å². The molecule has 2 rings (SSSR count). The van der Waals surface area contributed by atoms with Gasteiger partial charge in [-0.3, -0.25) is 14.4 Å². The van der Waals surface area contributed by atoms with E-state index in [1.165, 1.54) is 4.90 Å². The number of hydrogen-bond acceptors (Lipinski definition) is 4. The fourth-order valence-electron chi connectivity index (χ4n) is 2.79. The summed E-state index contributed by atoms with van der Waals surface area (Å²) in [6.07, 6.45) is 0.171. The summed E-state index contributed by atoms with van der Waals surface area (Å²) in [6, 6.07) is 7.14. The first kappa shape index (κ1) is 18.9. The summed E-state index contributed by atoms with van der Waals surface area (Å²) >= 11 is 0. The summed E-state index contributed by atoms with van der Waals surface area (Å²) in [5, 5.41) is 2.74. The average molecular weight is 346 g/mol. The Hall–Kier alpha value is -2.41. The lowest BCUT2D eigenvalue weighted by Crippen LogP contribution is -2.43. The summed E-state index contributed by atoms with van der Waals surface area (Å²) in [7, 11) is 1.72. The highest BCUT2D eigenvalue weighted by atomic mass is 16.2. The van der Waals surface area contributed by atoms with E-state index in [4.69, 9.17) is 5.73 Å². The van der Waals surface area contributed by atoms with Gasteiger partial charge in [-0.25, -0.2) is 0 Å². The number of amides is 3. The predicted molar refractivity (Wildman–Crippen MR) is 97.1 cm³/mol. The molecule has 1 aromatic carbocycles. The molecule has 1 aliphatic rings. The van der Waals surface area contributed by atoms with Crippen molar-refractivity contribution in [3.05, 3.63) is 24.3 Å². The quantitative estimate of drug-likeness (QED) is 0.809. The molecule has 0 saturated carbocycles. The lowest BCUT2D eigenvalue weighted by Gasteiger charge is -2.30. The number of benzene rings is 1. The summed E-state index contributed by atoms with van der Waals surface area (Å²) in [5.74, 6) is -0.577. The Balaban J connectivity index is 1.96. The van der Waals surface area contributed by atoms with Crippen LogP contribution >= 0.6 is 0 Å². The fraction of sp³-hybridized carbons (Fsp3) is 0.500. The molecule has 0 aromatic heterocycles. The van der Waals surface area contributed by atoms with Gasteiger partial charge < -0.3 is 20.9 Å². The van der Waals surface area contributed by atoms with Gasteiger partial charge in [0, 0.05) is 26.4 Å². The van der Waals surface area contributed by atoms with Crippen molar-refractivity contribution in [1.29, 1.82) is 0 Å². The Labute approximate surface area is 148 Å². The Kier molecular flexibility index (Phi) is 5.79. The zero-order valence-electron chi connectivity index (χ0n) is 15.0. The molecule has 1 heterocycles. The molecular weight excluding hydrogens is 320 g/mol. The maximum absolute atomic E-state index is 12.5. The van der Waals surface area contributed by atoms with E-state index in [9.17, 15) is 14.4 Å². The Morgan fingerprint density at radius 1 is 1.28 bits per heavy atom. The summed E-state index contributed by atoms with van der Waals surface area (Å²) < 4.78 is 0. The minimum atomic E-state index is -0.236. The summed E-state index contributed by atoms with van der Waals surface area (Å²) in [6.45, 7) is 4.96. The van der Waals surface area contributed by atoms with Gasteiger partial charge in [0.05, 0.1) is 11.4 Å². The van der Waals surface area contributed by atoms with Crippen LogP contribution in [-0.4, -0.2) is 49.3 Å². The monoisotopic (exact) mass is 346 g/mol. The van der Waals surface area contributed by atoms with Gasteiger partial charge in [0.25, 0.3) is 0 Å². The smallest absolute Gasteiger partial charge is 0.244 e. The number of nitrogens with two attached hydrogens (primary N) is 1. The summed E-state index contributed by atoms with van der Waals surface area (Å²) in [4.78, 5) is 39.6. The van der Waals surface area contributed by atoms with Gasteiger partial charge in [-0.15, -0.1) is 0 Å². The first-order valence-corrected chi connectivity index (χ1v) is 8.37. The molecule has 25 heavy (non-hydrogen) atoms. The highest BCUT2D eigenvalue weighted by Gasteiger charge is 2.27. The number of rotatable bonds is 6. The van der Waals surface area contributed by atoms with Crippen LogP contribution in [0.1, 0.15) is 26.7 Å². The molecule has 0 fully saturated rings. The largest absolute Gasteiger partial charge is 0.345 e. The van der Waals surface area contributed by atoms with Crippen LogP contribution in [0.4, 0.5) is 11.4 Å². The third kappa shape index (κ3) is 4.79. The second kappa shape index (κ2) is 7.65. The molecule has 1 aromatic rings. The summed E-state index contributed by atoms with van der Waals surface area (Å²) in [5.41, 5.74) is 6.80. The van der Waals surface area contributed by atoms with Gasteiger partial charge in [0.1, 0.15) is 6.54 Å². The number of hydrogen-bond donors (Lipinski definition) is 2. The van der Waals surface area contributed by atoms with Crippen LogP contribution in [0.5, 0.6) is 0 Å². The average Bonchev–Trinajstić information content (AvgIpc) is 2.58. The minimum Gasteiger partial charge on any atom is -0.345 e. The molecule has 0 bridgehead atoms. The fourth-order valence-corrected chi connectivity index (χ4v) is 2.79. The minimum absolute atomic E-state index is 0.0277. The van der Waals surface area contributed by atoms with Crippen LogP contribution in [-0.2, 0) is 14.4 Å². The Morgan fingerprint density at radius 2 is 1.96 bits per heavy atom. The van der Waals surface area contributed by atoms with Gasteiger partial charge in [-0.05, 0) is 24.1 Å². The van der Waals surface area contributed by atoms with Crippen LogP contribution in [0.3, 0.4) is 0 Å². The van der Waals surface area contributed by atoms with E-state index in [0.717, 1.165) is 0 Å². The second-order valence-corrected chi connectivity index (χ2v) is 7.16. The number of carbonyl (C=O) groups is 3. The second-order valence-electron chi connectivity index (χ2n) is 7.16. The highest BCUT2D eigenvalue weighted by molar-refractivity contribution is 6.10. The van der Waals surface area contributed by atoms with Crippen molar-refractivity contribution in [1.82, 2.24) is 4.90 Å². The zero-order chi connectivity index (χ0) is 18.6. The molecular formula is C18H26N4O3. The van der Waals surface area contributed by atoms with Crippen molar-refractivity contribution in [2.75, 3.05) is 36.9 Å². The first-order valence-electron chi connectivity index (χ1n) is 8.37. The first-order chi connectivity index (χ1) is 11.7. The van der Waals surface area contributed by atoms with Gasteiger partial charge in [0.2, 0.25) is 17.7 Å². The number of anilines is 2. The standard InChI is InChI=1S/C18H26N4O3/c1-18(2,11-19)12-21(3)16(24)8-9-17(25)22-10-15(23)20-13-6-4-5-7-14(13)22/h4-7H,8-12,19H2,1-3H3,(H,20,23). The maximum atomic E-state index is 12.5. The molecule has 1 aliphatic heterocycles. The van der Waals surface area contributed by atoms with Gasteiger partial charge in [0.15, 0.2) is 0 Å². The molecule has 3 N–H and O–H groups in total. The number of carbonyl (C=O) groups excluding carboxylic acids is 3. The molecule has 0 saturated heterocycles. The van der Waals surface area contributed by atoms with E-state index in [0.29, 0.717) is 24.5 Å². The SMILES string of the molecule is CN(CC(C)(C)CN)C(=O)CCC(=O)N1CC(=O)Nc2ccccc21. The zero-order valence-corrected chi connectivity index (χ0v) is 15.0.